The molecule has 1 aliphatic carbocycles. The van der Waals surface area contributed by atoms with Crippen molar-refractivity contribution in [1.29, 1.82) is 0 Å². The number of aliphatic imine (C=N–C) groups is 2. The highest BCUT2D eigenvalue weighted by Gasteiger charge is 2.46. The van der Waals surface area contributed by atoms with Gasteiger partial charge in [-0.1, -0.05) is 18.1 Å². The summed E-state index contributed by atoms with van der Waals surface area (Å²) < 4.78 is 7.28. The molecule has 4 rings (SSSR count). The molecule has 8 heteroatoms. The number of amides is 1. The second-order valence-corrected chi connectivity index (χ2v) is 9.20. The lowest BCUT2D eigenvalue weighted by molar-refractivity contribution is 0.102. The van der Waals surface area contributed by atoms with E-state index in [9.17, 15) is 4.79 Å². The number of carbonyl (C=O) groups excluding carboxylic acids is 1. The zero-order chi connectivity index (χ0) is 25.2. The van der Waals surface area contributed by atoms with E-state index in [1.54, 1.807) is 30.8 Å². The number of aromatic nitrogens is 1. The lowest BCUT2D eigenvalue weighted by atomic mass is 10.0. The summed E-state index contributed by atoms with van der Waals surface area (Å²) in [6.07, 6.45) is 6.58. The lowest BCUT2D eigenvalue weighted by Crippen LogP contribution is -2.33. The third kappa shape index (κ3) is 4.92. The Morgan fingerprint density at radius 3 is 2.71 bits per heavy atom. The van der Waals surface area contributed by atoms with Gasteiger partial charge in [0.25, 0.3) is 5.91 Å². The van der Waals surface area contributed by atoms with Crippen molar-refractivity contribution >= 4 is 30.0 Å². The first-order valence-electron chi connectivity index (χ1n) is 11.7. The Morgan fingerprint density at radius 1 is 1.37 bits per heavy atom. The molecule has 0 bridgehead atoms. The van der Waals surface area contributed by atoms with Crippen molar-refractivity contribution in [3.05, 3.63) is 58.4 Å². The van der Waals surface area contributed by atoms with Crippen molar-refractivity contribution in [2.45, 2.75) is 51.9 Å². The number of anilines is 1. The summed E-state index contributed by atoms with van der Waals surface area (Å²) in [5.74, 6) is 6.87. The molecular formula is C27H32N6O2. The van der Waals surface area contributed by atoms with Crippen molar-refractivity contribution in [1.82, 2.24) is 9.47 Å². The van der Waals surface area contributed by atoms with E-state index in [1.807, 2.05) is 45.2 Å². The molecule has 182 valence electrons. The molecular weight excluding hydrogens is 440 g/mol. The van der Waals surface area contributed by atoms with Crippen LogP contribution in [0.25, 0.3) is 0 Å². The Kier molecular flexibility index (Phi) is 6.92. The molecule has 2 heterocycles. The van der Waals surface area contributed by atoms with Gasteiger partial charge in [0.1, 0.15) is 17.7 Å². The van der Waals surface area contributed by atoms with Crippen molar-refractivity contribution in [2.24, 2.45) is 15.7 Å². The van der Waals surface area contributed by atoms with Gasteiger partial charge in [0.2, 0.25) is 0 Å². The van der Waals surface area contributed by atoms with E-state index in [0.29, 0.717) is 34.9 Å². The average molecular weight is 473 g/mol. The molecule has 1 aromatic heterocycles. The maximum absolute atomic E-state index is 13.8. The fourth-order valence-electron chi connectivity index (χ4n) is 4.11. The molecule has 0 spiro atoms. The number of allylic oxidation sites excluding steroid dienone is 1. The number of hydrogen-bond donors (Lipinski definition) is 2. The van der Waals surface area contributed by atoms with Gasteiger partial charge in [-0.3, -0.25) is 9.79 Å². The SMILES string of the molecule is CC=N/C=C(\C)C#Cc1c(C(=O)Nc2ccc(COC)cc2)c2c(n1C1(C)CC1)N=CN(C)C2N. The van der Waals surface area contributed by atoms with Gasteiger partial charge in [0.15, 0.2) is 0 Å². The minimum Gasteiger partial charge on any atom is -0.380 e. The van der Waals surface area contributed by atoms with Crippen LogP contribution in [0.4, 0.5) is 11.5 Å². The molecule has 35 heavy (non-hydrogen) atoms. The number of hydrogen-bond acceptors (Lipinski definition) is 6. The van der Waals surface area contributed by atoms with Crippen molar-refractivity contribution in [2.75, 3.05) is 19.5 Å². The molecule has 0 saturated heterocycles. The van der Waals surface area contributed by atoms with E-state index in [1.165, 1.54) is 0 Å². The molecule has 2 aliphatic rings. The summed E-state index contributed by atoms with van der Waals surface area (Å²) >= 11 is 0. The summed E-state index contributed by atoms with van der Waals surface area (Å²) in [6, 6.07) is 7.59. The number of ether oxygens (including phenoxy) is 1. The number of nitrogens with zero attached hydrogens (tertiary/aromatic N) is 4. The molecule has 0 radical (unpaired) electrons. The van der Waals surface area contributed by atoms with Crippen LogP contribution in [0, 0.1) is 11.8 Å². The fourth-order valence-corrected chi connectivity index (χ4v) is 4.11. The van der Waals surface area contributed by atoms with E-state index in [-0.39, 0.29) is 11.4 Å². The summed E-state index contributed by atoms with van der Waals surface area (Å²) in [4.78, 5) is 24.4. The van der Waals surface area contributed by atoms with Crippen LogP contribution in [0.1, 0.15) is 67.0 Å². The molecule has 2 aromatic rings. The standard InChI is InChI=1S/C27H32N6O2/c1-6-29-15-18(2)7-12-21-22(26(34)31-20-10-8-19(9-11-20)16-35-5)23-24(28)32(4)17-30-25(23)33(21)27(3)13-14-27/h6,8-11,15,17,24H,13-14,16,28H2,1-5H3,(H,31,34)/b18-15+,29-6?. The number of nitrogens with two attached hydrogens (primary N) is 1. The minimum absolute atomic E-state index is 0.152. The van der Waals surface area contributed by atoms with Gasteiger partial charge in [0, 0.05) is 48.9 Å². The van der Waals surface area contributed by atoms with Crippen LogP contribution < -0.4 is 11.1 Å². The third-order valence-electron chi connectivity index (χ3n) is 6.34. The van der Waals surface area contributed by atoms with Gasteiger partial charge in [0.05, 0.1) is 18.5 Å². The smallest absolute Gasteiger partial charge is 0.259 e. The van der Waals surface area contributed by atoms with Gasteiger partial charge in [-0.2, -0.15) is 0 Å². The highest BCUT2D eigenvalue weighted by Crippen LogP contribution is 2.50. The topological polar surface area (TPSA) is 97.2 Å². The van der Waals surface area contributed by atoms with E-state index in [2.05, 4.69) is 33.6 Å². The van der Waals surface area contributed by atoms with Gasteiger partial charge in [-0.25, -0.2) is 4.99 Å². The van der Waals surface area contributed by atoms with E-state index >= 15 is 0 Å². The second kappa shape index (κ2) is 9.90. The average Bonchev–Trinajstić information content (AvgIpc) is 3.48. The highest BCUT2D eigenvalue weighted by atomic mass is 16.5. The number of rotatable bonds is 6. The van der Waals surface area contributed by atoms with Gasteiger partial charge >= 0.3 is 0 Å². The first-order chi connectivity index (χ1) is 16.8. The lowest BCUT2D eigenvalue weighted by Gasteiger charge is -2.27. The zero-order valence-electron chi connectivity index (χ0n) is 20.9. The summed E-state index contributed by atoms with van der Waals surface area (Å²) in [5.41, 5.74) is 10.7. The quantitative estimate of drug-likeness (QED) is 0.484. The summed E-state index contributed by atoms with van der Waals surface area (Å²) in [5, 5.41) is 3.04. The monoisotopic (exact) mass is 472 g/mol. The van der Waals surface area contributed by atoms with E-state index in [4.69, 9.17) is 15.5 Å². The molecule has 1 aromatic carbocycles. The number of benzene rings is 1. The molecule has 1 saturated carbocycles. The van der Waals surface area contributed by atoms with Crippen LogP contribution in [0.2, 0.25) is 0 Å². The van der Waals surface area contributed by atoms with Crippen LogP contribution in [0.3, 0.4) is 0 Å². The molecule has 1 amide bonds. The fraction of sp³-hybridized carbons (Fsp3) is 0.370. The number of carbonyl (C=O) groups is 1. The van der Waals surface area contributed by atoms with Crippen molar-refractivity contribution in [3.8, 4) is 11.8 Å². The third-order valence-corrected chi connectivity index (χ3v) is 6.34. The van der Waals surface area contributed by atoms with Gasteiger partial charge in [-0.05, 0) is 57.2 Å². The Balaban J connectivity index is 1.84. The molecule has 8 nitrogen and oxygen atoms in total. The molecule has 1 atom stereocenters. The molecule has 1 unspecified atom stereocenters. The zero-order valence-corrected chi connectivity index (χ0v) is 20.9. The van der Waals surface area contributed by atoms with Crippen molar-refractivity contribution < 1.29 is 9.53 Å². The van der Waals surface area contributed by atoms with Gasteiger partial charge < -0.3 is 25.3 Å². The maximum Gasteiger partial charge on any atom is 0.259 e. The van der Waals surface area contributed by atoms with Crippen LogP contribution in [0.15, 0.2) is 46.0 Å². The Morgan fingerprint density at radius 2 is 2.09 bits per heavy atom. The summed E-state index contributed by atoms with van der Waals surface area (Å²) in [6.45, 7) is 6.42. The number of methoxy groups -OCH3 is 1. The largest absolute Gasteiger partial charge is 0.380 e. The second-order valence-electron chi connectivity index (χ2n) is 9.20. The minimum atomic E-state index is -0.516. The van der Waals surface area contributed by atoms with Crippen LogP contribution in [-0.4, -0.2) is 42.1 Å². The highest BCUT2D eigenvalue weighted by molar-refractivity contribution is 6.08. The molecule has 1 aliphatic heterocycles. The van der Waals surface area contributed by atoms with Crippen molar-refractivity contribution in [3.63, 3.8) is 0 Å². The molecule has 1 fully saturated rings. The van der Waals surface area contributed by atoms with Crippen LogP contribution in [0.5, 0.6) is 0 Å². The van der Waals surface area contributed by atoms with Crippen LogP contribution in [-0.2, 0) is 16.9 Å². The first-order valence-corrected chi connectivity index (χ1v) is 11.7. The Hall–Kier alpha value is -3.67. The normalized spacial score (nSPS) is 18.3. The maximum atomic E-state index is 13.8. The number of nitrogens with one attached hydrogen (secondary N) is 1. The predicted octanol–water partition coefficient (Wildman–Crippen LogP) is 4.30. The predicted molar refractivity (Wildman–Crippen MR) is 140 cm³/mol. The first kappa shape index (κ1) is 24.5. The number of fused-ring (bicyclic) bond motifs is 1. The van der Waals surface area contributed by atoms with Crippen LogP contribution >= 0.6 is 0 Å². The van der Waals surface area contributed by atoms with E-state index < -0.39 is 6.17 Å². The molecule has 3 N–H and O–H groups in total. The summed E-state index contributed by atoms with van der Waals surface area (Å²) in [7, 11) is 3.51. The Labute approximate surface area is 206 Å². The Bertz CT molecular complexity index is 1270. The van der Waals surface area contributed by atoms with Gasteiger partial charge in [-0.15, -0.1) is 0 Å². The van der Waals surface area contributed by atoms with E-state index in [0.717, 1.165) is 24.0 Å².